The molecule has 1 aliphatic heterocycles. The molecule has 1 fully saturated rings. The van der Waals surface area contributed by atoms with Crippen molar-refractivity contribution >= 4 is 21.8 Å². The Labute approximate surface area is 156 Å². The number of amides is 1. The first-order chi connectivity index (χ1) is 13.0. The molecule has 0 radical (unpaired) electrons. The number of nitrogens with one attached hydrogen (secondary N) is 2. The summed E-state index contributed by atoms with van der Waals surface area (Å²) in [5, 5.41) is 6.67. The number of hydrogen-bond acceptors (Lipinski definition) is 5. The molecule has 138 valence electrons. The van der Waals surface area contributed by atoms with Crippen LogP contribution in [0.5, 0.6) is 5.75 Å². The molecule has 0 bridgehead atoms. The van der Waals surface area contributed by atoms with Crippen LogP contribution < -0.4 is 13.8 Å². The van der Waals surface area contributed by atoms with Crippen molar-refractivity contribution in [1.82, 2.24) is 14.9 Å². The van der Waals surface area contributed by atoms with E-state index in [-0.39, 0.29) is 13.2 Å². The number of aromatic amines is 1. The number of aromatic nitrogens is 2. The van der Waals surface area contributed by atoms with E-state index in [4.69, 9.17) is 4.74 Å². The summed E-state index contributed by atoms with van der Waals surface area (Å²) in [5.74, 6) is -0.222. The minimum Gasteiger partial charge on any atom is -0.487 e. The molecule has 2 aromatic carbocycles. The van der Waals surface area contributed by atoms with Gasteiger partial charge >= 0.3 is 10.2 Å². The maximum Gasteiger partial charge on any atom is 0.326 e. The largest absolute Gasteiger partial charge is 0.487 e. The van der Waals surface area contributed by atoms with Crippen molar-refractivity contribution in [3.8, 4) is 16.9 Å². The van der Waals surface area contributed by atoms with E-state index >= 15 is 0 Å². The van der Waals surface area contributed by atoms with Crippen molar-refractivity contribution in [2.45, 2.75) is 6.61 Å². The fourth-order valence-corrected chi connectivity index (χ4v) is 3.98. The van der Waals surface area contributed by atoms with Crippen molar-refractivity contribution in [1.29, 1.82) is 0 Å². The van der Waals surface area contributed by atoms with Crippen molar-refractivity contribution in [2.24, 2.45) is 0 Å². The summed E-state index contributed by atoms with van der Waals surface area (Å²) < 4.78 is 33.4. The number of benzene rings is 2. The Balaban J connectivity index is 1.72. The zero-order valence-electron chi connectivity index (χ0n) is 14.1. The number of carbonyl (C=O) groups excluding carboxylic acids is 1. The second-order valence-electron chi connectivity index (χ2n) is 5.98. The van der Waals surface area contributed by atoms with Crippen LogP contribution in [0.3, 0.4) is 0 Å². The Bertz CT molecular complexity index is 1070. The van der Waals surface area contributed by atoms with E-state index in [2.05, 4.69) is 10.2 Å². The molecule has 0 unspecified atom stereocenters. The zero-order chi connectivity index (χ0) is 18.9. The van der Waals surface area contributed by atoms with Crippen molar-refractivity contribution in [2.75, 3.05) is 10.8 Å². The van der Waals surface area contributed by atoms with Gasteiger partial charge in [0.25, 0.3) is 5.91 Å². The van der Waals surface area contributed by atoms with E-state index < -0.39 is 16.1 Å². The summed E-state index contributed by atoms with van der Waals surface area (Å²) in [7, 11) is -3.93. The molecule has 0 spiro atoms. The molecule has 9 heteroatoms. The molecule has 0 aliphatic carbocycles. The van der Waals surface area contributed by atoms with Crippen molar-refractivity contribution in [3.63, 3.8) is 0 Å². The fourth-order valence-electron chi connectivity index (χ4n) is 2.82. The third kappa shape index (κ3) is 3.49. The van der Waals surface area contributed by atoms with Crippen LogP contribution in [0.1, 0.15) is 5.56 Å². The van der Waals surface area contributed by atoms with Crippen LogP contribution in [0.2, 0.25) is 0 Å². The van der Waals surface area contributed by atoms with Crippen LogP contribution in [0, 0.1) is 0 Å². The molecule has 4 rings (SSSR count). The van der Waals surface area contributed by atoms with Gasteiger partial charge in [-0.2, -0.15) is 13.5 Å². The molecule has 8 nitrogen and oxygen atoms in total. The van der Waals surface area contributed by atoms with E-state index in [1.165, 1.54) is 0 Å². The van der Waals surface area contributed by atoms with Gasteiger partial charge in [-0.25, -0.2) is 9.03 Å². The highest BCUT2D eigenvalue weighted by Crippen LogP contribution is 2.35. The first-order valence-electron chi connectivity index (χ1n) is 8.16. The van der Waals surface area contributed by atoms with Gasteiger partial charge in [0.2, 0.25) is 0 Å². The third-order valence-electron chi connectivity index (χ3n) is 4.12. The lowest BCUT2D eigenvalue weighted by Crippen LogP contribution is -2.29. The average Bonchev–Trinajstić information content (AvgIpc) is 3.28. The highest BCUT2D eigenvalue weighted by molar-refractivity contribution is 7.92. The van der Waals surface area contributed by atoms with E-state index in [1.807, 2.05) is 35.1 Å². The lowest BCUT2D eigenvalue weighted by molar-refractivity contribution is -0.117. The van der Waals surface area contributed by atoms with Crippen LogP contribution in [0.25, 0.3) is 11.1 Å². The summed E-state index contributed by atoms with van der Waals surface area (Å²) in [4.78, 5) is 11.6. The van der Waals surface area contributed by atoms with Crippen LogP contribution in [0.15, 0.2) is 60.9 Å². The Hall–Kier alpha value is -3.33. The minimum atomic E-state index is -3.93. The summed E-state index contributed by atoms with van der Waals surface area (Å²) in [5.41, 5.74) is 2.89. The van der Waals surface area contributed by atoms with Gasteiger partial charge in [0.05, 0.1) is 11.9 Å². The van der Waals surface area contributed by atoms with Crippen LogP contribution >= 0.6 is 0 Å². The van der Waals surface area contributed by atoms with Gasteiger partial charge in [0.15, 0.2) is 0 Å². The van der Waals surface area contributed by atoms with Gasteiger partial charge in [-0.15, -0.1) is 0 Å². The number of anilines is 1. The number of carbonyl (C=O) groups is 1. The molecule has 0 atom stereocenters. The Morgan fingerprint density at radius 3 is 2.59 bits per heavy atom. The molecule has 1 aromatic heterocycles. The second-order valence-corrected chi connectivity index (χ2v) is 7.58. The molecule has 3 aromatic rings. The van der Waals surface area contributed by atoms with Crippen LogP contribution in [-0.2, 0) is 21.6 Å². The molecule has 2 N–H and O–H groups in total. The van der Waals surface area contributed by atoms with E-state index in [0.717, 1.165) is 21.0 Å². The molecule has 2 heterocycles. The third-order valence-corrected chi connectivity index (χ3v) is 5.51. The normalized spacial score (nSPS) is 15.6. The van der Waals surface area contributed by atoms with Crippen molar-refractivity contribution in [3.05, 3.63) is 66.5 Å². The smallest absolute Gasteiger partial charge is 0.326 e. The van der Waals surface area contributed by atoms with Crippen LogP contribution in [0.4, 0.5) is 5.69 Å². The predicted molar refractivity (Wildman–Crippen MR) is 99.2 cm³/mol. The van der Waals surface area contributed by atoms with E-state index in [0.29, 0.717) is 11.4 Å². The number of H-pyrrole nitrogens is 1. The summed E-state index contributed by atoms with van der Waals surface area (Å²) in [6.07, 6.45) is 3.39. The summed E-state index contributed by atoms with van der Waals surface area (Å²) >= 11 is 0. The lowest BCUT2D eigenvalue weighted by atomic mass is 10.1. The average molecular weight is 384 g/mol. The molecular formula is C18H16N4O4S. The Kier molecular flexibility index (Phi) is 4.28. The van der Waals surface area contributed by atoms with Gasteiger partial charge < -0.3 is 4.74 Å². The predicted octanol–water partition coefficient (Wildman–Crippen LogP) is 1.84. The number of nitrogens with zero attached hydrogens (tertiary/aromatic N) is 2. The SMILES string of the molecule is O=C1CN(c2ccc(-c3cn[nH]c3)cc2OCc2ccccc2)S(=O)(=O)N1. The quantitative estimate of drug-likeness (QED) is 0.698. The standard InChI is InChI=1S/C18H16N4O4S/c23-18-11-22(27(24,25)21-18)16-7-6-14(15-9-19-20-10-15)8-17(16)26-12-13-4-2-1-3-5-13/h1-10H,11-12H2,(H,19,20)(H,21,23). The zero-order valence-corrected chi connectivity index (χ0v) is 14.9. The number of rotatable bonds is 5. The number of hydrogen-bond donors (Lipinski definition) is 2. The monoisotopic (exact) mass is 384 g/mol. The van der Waals surface area contributed by atoms with Crippen LogP contribution in [-0.4, -0.2) is 31.1 Å². The molecule has 27 heavy (non-hydrogen) atoms. The van der Waals surface area contributed by atoms with Gasteiger partial charge in [0, 0.05) is 11.8 Å². The fraction of sp³-hybridized carbons (Fsp3) is 0.111. The maximum atomic E-state index is 12.2. The summed E-state index contributed by atoms with van der Waals surface area (Å²) in [6, 6.07) is 14.6. The topological polar surface area (TPSA) is 104 Å². The summed E-state index contributed by atoms with van der Waals surface area (Å²) in [6.45, 7) is -0.0208. The van der Waals surface area contributed by atoms with Gasteiger partial charge in [-0.3, -0.25) is 9.89 Å². The highest BCUT2D eigenvalue weighted by Gasteiger charge is 2.35. The molecule has 1 aliphatic rings. The lowest BCUT2D eigenvalue weighted by Gasteiger charge is -2.20. The first kappa shape index (κ1) is 17.1. The molecule has 1 saturated heterocycles. The maximum absolute atomic E-state index is 12.2. The van der Waals surface area contributed by atoms with Crippen molar-refractivity contribution < 1.29 is 17.9 Å². The molecular weight excluding hydrogens is 368 g/mol. The first-order valence-corrected chi connectivity index (χ1v) is 9.60. The van der Waals surface area contributed by atoms with Gasteiger partial charge in [0.1, 0.15) is 18.9 Å². The molecule has 0 saturated carbocycles. The minimum absolute atomic E-state index is 0.262. The van der Waals surface area contributed by atoms with E-state index in [9.17, 15) is 13.2 Å². The molecule has 1 amide bonds. The Morgan fingerprint density at radius 2 is 1.93 bits per heavy atom. The number of ether oxygens (including phenoxy) is 1. The highest BCUT2D eigenvalue weighted by atomic mass is 32.2. The van der Waals surface area contributed by atoms with Gasteiger partial charge in [-0.1, -0.05) is 36.4 Å². The Morgan fingerprint density at radius 1 is 1.11 bits per heavy atom. The second kappa shape index (κ2) is 6.76. The van der Waals surface area contributed by atoms with Gasteiger partial charge in [-0.05, 0) is 23.3 Å². The van der Waals surface area contributed by atoms with E-state index in [1.54, 1.807) is 30.6 Å².